The Morgan fingerprint density at radius 3 is 2.69 bits per heavy atom. The van der Waals surface area contributed by atoms with Crippen molar-refractivity contribution in [2.75, 3.05) is 21.2 Å². The molecule has 1 N–H and O–H groups in total. The predicted molar refractivity (Wildman–Crippen MR) is 115 cm³/mol. The van der Waals surface area contributed by atoms with E-state index in [9.17, 15) is 4.79 Å². The number of aliphatic imine (C=N–C) groups is 1. The minimum absolute atomic E-state index is 0. The maximum atomic E-state index is 11.6. The molecule has 2 aromatic heterocycles. The fourth-order valence-corrected chi connectivity index (χ4v) is 3.11. The molecule has 0 aliphatic heterocycles. The highest BCUT2D eigenvalue weighted by Crippen LogP contribution is 2.16. The van der Waals surface area contributed by atoms with Crippen molar-refractivity contribution in [3.63, 3.8) is 0 Å². The van der Waals surface area contributed by atoms with Gasteiger partial charge in [0.25, 0.3) is 0 Å². The lowest BCUT2D eigenvalue weighted by Crippen LogP contribution is -2.38. The summed E-state index contributed by atoms with van der Waals surface area (Å²) in [5.41, 5.74) is 1.59. The van der Waals surface area contributed by atoms with Crippen molar-refractivity contribution in [2.45, 2.75) is 20.0 Å². The fraction of sp³-hybridized carbons (Fsp3) is 0.412. The number of carbonyl (C=O) groups is 1. The van der Waals surface area contributed by atoms with Gasteiger partial charge >= 0.3 is 5.97 Å². The van der Waals surface area contributed by atoms with E-state index in [1.165, 1.54) is 7.11 Å². The Kier molecular flexibility index (Phi) is 8.68. The second-order valence-electron chi connectivity index (χ2n) is 5.69. The van der Waals surface area contributed by atoms with Crippen LogP contribution in [0.4, 0.5) is 0 Å². The lowest BCUT2D eigenvalue weighted by Gasteiger charge is -2.22. The van der Waals surface area contributed by atoms with E-state index in [-0.39, 0.29) is 24.0 Å². The Bertz CT molecular complexity index is 785. The summed E-state index contributed by atoms with van der Waals surface area (Å²) < 4.78 is 13.4. The molecule has 0 bridgehead atoms. The second kappa shape index (κ2) is 10.0. The Morgan fingerprint density at radius 1 is 1.46 bits per heavy atom. The molecule has 2 rings (SSSR count). The highest BCUT2D eigenvalue weighted by molar-refractivity contribution is 14.0. The zero-order chi connectivity index (χ0) is 18.6. The van der Waals surface area contributed by atoms with Crippen LogP contribution >= 0.6 is 39.9 Å². The highest BCUT2D eigenvalue weighted by Gasteiger charge is 2.16. The summed E-state index contributed by atoms with van der Waals surface area (Å²) in [4.78, 5) is 18.0. The van der Waals surface area contributed by atoms with Crippen LogP contribution in [-0.4, -0.2) is 42.6 Å². The topological polar surface area (TPSA) is 72.0 Å². The molecular formula is C17H24BrIN4O3. The van der Waals surface area contributed by atoms with Crippen molar-refractivity contribution < 1.29 is 13.9 Å². The third-order valence-corrected chi connectivity index (χ3v) is 4.28. The first-order valence-electron chi connectivity index (χ1n) is 7.75. The van der Waals surface area contributed by atoms with Gasteiger partial charge in [-0.1, -0.05) is 0 Å². The molecule has 0 spiro atoms. The summed E-state index contributed by atoms with van der Waals surface area (Å²) in [6.07, 6.45) is 2.01. The molecule has 0 fully saturated rings. The largest absolute Gasteiger partial charge is 0.465 e. The van der Waals surface area contributed by atoms with Gasteiger partial charge in [0.15, 0.2) is 5.96 Å². The predicted octanol–water partition coefficient (Wildman–Crippen LogP) is 3.30. The lowest BCUT2D eigenvalue weighted by atomic mass is 10.2. The summed E-state index contributed by atoms with van der Waals surface area (Å²) >= 11 is 3.48. The van der Waals surface area contributed by atoms with Crippen LogP contribution in [0.5, 0.6) is 0 Å². The number of guanidine groups is 1. The number of methoxy groups -OCH3 is 1. The normalized spacial score (nSPS) is 11.1. The summed E-state index contributed by atoms with van der Waals surface area (Å²) in [6, 6.07) is 3.76. The van der Waals surface area contributed by atoms with Gasteiger partial charge in [0.2, 0.25) is 0 Å². The van der Waals surface area contributed by atoms with E-state index in [2.05, 4.69) is 36.9 Å². The molecule has 26 heavy (non-hydrogen) atoms. The molecule has 9 heteroatoms. The number of nitrogens with zero attached hydrogens (tertiary/aromatic N) is 3. The van der Waals surface area contributed by atoms with Gasteiger partial charge in [-0.3, -0.25) is 4.99 Å². The van der Waals surface area contributed by atoms with E-state index in [1.54, 1.807) is 20.0 Å². The second-order valence-corrected chi connectivity index (χ2v) is 6.61. The van der Waals surface area contributed by atoms with Gasteiger partial charge in [-0.15, -0.1) is 24.0 Å². The lowest BCUT2D eigenvalue weighted by molar-refractivity contribution is 0.0599. The van der Waals surface area contributed by atoms with Crippen LogP contribution in [0.3, 0.4) is 0 Å². The minimum Gasteiger partial charge on any atom is -0.465 e. The monoisotopic (exact) mass is 538 g/mol. The average molecular weight is 539 g/mol. The number of hydrogen-bond acceptors (Lipinski definition) is 4. The molecule has 2 heterocycles. The summed E-state index contributed by atoms with van der Waals surface area (Å²) in [6.45, 7) is 2.86. The van der Waals surface area contributed by atoms with Gasteiger partial charge in [-0.25, -0.2) is 4.79 Å². The van der Waals surface area contributed by atoms with Crippen molar-refractivity contribution in [3.05, 3.63) is 45.6 Å². The van der Waals surface area contributed by atoms with Crippen molar-refractivity contribution in [1.82, 2.24) is 14.8 Å². The van der Waals surface area contributed by atoms with Crippen molar-refractivity contribution >= 4 is 51.8 Å². The van der Waals surface area contributed by atoms with E-state index in [4.69, 9.17) is 9.15 Å². The van der Waals surface area contributed by atoms with E-state index in [0.29, 0.717) is 30.2 Å². The Morgan fingerprint density at radius 2 is 2.15 bits per heavy atom. The quantitative estimate of drug-likeness (QED) is 0.274. The fourth-order valence-electron chi connectivity index (χ4n) is 2.54. The molecule has 0 aliphatic carbocycles. The number of rotatable bonds is 5. The Hall–Kier alpha value is -1.49. The van der Waals surface area contributed by atoms with Crippen LogP contribution in [0.1, 0.15) is 27.6 Å². The van der Waals surface area contributed by atoms with E-state index in [1.807, 2.05) is 25.2 Å². The number of nitrogens with one attached hydrogen (secondary N) is 1. The standard InChI is InChI=1S/C17H23BrN4O3.HI/c1-11-15(16(23)24-5)7-14(25-11)8-20-17(19-2)22(4)10-13-6-12(18)9-21(13)3;/h6-7,9H,8,10H2,1-5H3,(H,19,20);1H. The third-order valence-electron chi connectivity index (χ3n) is 3.84. The number of hydrogen-bond donors (Lipinski definition) is 1. The first-order valence-corrected chi connectivity index (χ1v) is 8.55. The van der Waals surface area contributed by atoms with Crippen molar-refractivity contribution in [3.8, 4) is 0 Å². The first-order chi connectivity index (χ1) is 11.8. The number of furan rings is 1. The van der Waals surface area contributed by atoms with Crippen LogP contribution < -0.4 is 5.32 Å². The summed E-state index contributed by atoms with van der Waals surface area (Å²) in [5, 5.41) is 3.24. The maximum absolute atomic E-state index is 11.6. The molecular weight excluding hydrogens is 515 g/mol. The number of aromatic nitrogens is 1. The molecule has 7 nitrogen and oxygen atoms in total. The number of ether oxygens (including phenoxy) is 1. The highest BCUT2D eigenvalue weighted by atomic mass is 127. The zero-order valence-electron chi connectivity index (χ0n) is 15.5. The van der Waals surface area contributed by atoms with Crippen LogP contribution in [0.2, 0.25) is 0 Å². The van der Waals surface area contributed by atoms with E-state index < -0.39 is 5.97 Å². The molecule has 0 unspecified atom stereocenters. The third kappa shape index (κ3) is 5.50. The van der Waals surface area contributed by atoms with Crippen LogP contribution in [-0.2, 0) is 24.9 Å². The Labute approximate surface area is 178 Å². The summed E-state index contributed by atoms with van der Waals surface area (Å²) in [5.74, 6) is 1.52. The number of carbonyl (C=O) groups excluding carboxylic acids is 1. The van der Waals surface area contributed by atoms with Crippen molar-refractivity contribution in [2.24, 2.45) is 12.0 Å². The van der Waals surface area contributed by atoms with Crippen molar-refractivity contribution in [1.29, 1.82) is 0 Å². The molecule has 0 aliphatic rings. The average Bonchev–Trinajstić information content (AvgIpc) is 3.09. The first kappa shape index (κ1) is 22.6. The molecule has 0 atom stereocenters. The van der Waals surface area contributed by atoms with Gasteiger partial charge in [0.05, 0.1) is 20.2 Å². The minimum atomic E-state index is -0.400. The van der Waals surface area contributed by atoms with Gasteiger partial charge in [0, 0.05) is 37.5 Å². The van der Waals surface area contributed by atoms with Crippen LogP contribution in [0.15, 0.2) is 32.2 Å². The molecule has 0 aromatic carbocycles. The smallest absolute Gasteiger partial charge is 0.341 e. The van der Waals surface area contributed by atoms with Gasteiger partial charge in [0.1, 0.15) is 17.1 Å². The van der Waals surface area contributed by atoms with E-state index >= 15 is 0 Å². The Balaban J connectivity index is 0.00000338. The number of aryl methyl sites for hydroxylation is 2. The van der Waals surface area contributed by atoms with Gasteiger partial charge < -0.3 is 23.9 Å². The molecule has 0 radical (unpaired) electrons. The number of halogens is 2. The summed E-state index contributed by atoms with van der Waals surface area (Å²) in [7, 11) is 7.05. The zero-order valence-corrected chi connectivity index (χ0v) is 19.4. The van der Waals surface area contributed by atoms with E-state index in [0.717, 1.165) is 16.1 Å². The molecule has 0 saturated heterocycles. The van der Waals surface area contributed by atoms with Gasteiger partial charge in [-0.05, 0) is 35.0 Å². The molecule has 0 saturated carbocycles. The SMILES string of the molecule is CN=C(NCc1cc(C(=O)OC)c(C)o1)N(C)Cc1cc(Br)cn1C.I. The van der Waals surface area contributed by atoms with Gasteiger partial charge in [-0.2, -0.15) is 0 Å². The molecule has 2 aromatic rings. The molecule has 0 amide bonds. The van der Waals surface area contributed by atoms with Crippen LogP contribution in [0.25, 0.3) is 0 Å². The number of esters is 1. The molecule has 144 valence electrons. The van der Waals surface area contributed by atoms with Crippen LogP contribution in [0, 0.1) is 6.92 Å². The maximum Gasteiger partial charge on any atom is 0.341 e.